The lowest BCUT2D eigenvalue weighted by Gasteiger charge is -2.26. The van der Waals surface area contributed by atoms with E-state index >= 15 is 0 Å². The van der Waals surface area contributed by atoms with Gasteiger partial charge >= 0.3 is 0 Å². The number of benzene rings is 4. The number of ketones is 1. The summed E-state index contributed by atoms with van der Waals surface area (Å²) in [6.07, 6.45) is 0. The molecule has 0 saturated carbocycles. The van der Waals surface area contributed by atoms with Crippen molar-refractivity contribution in [1.29, 1.82) is 0 Å². The Morgan fingerprint density at radius 3 is 2.30 bits per heavy atom. The lowest BCUT2D eigenvalue weighted by atomic mass is 9.96. The van der Waals surface area contributed by atoms with Crippen molar-refractivity contribution in [2.24, 2.45) is 0 Å². The quantitative estimate of drug-likeness (QED) is 0.140. The summed E-state index contributed by atoms with van der Waals surface area (Å²) in [6, 6.07) is 21.9. The van der Waals surface area contributed by atoms with Gasteiger partial charge in [0.25, 0.3) is 5.69 Å². The normalized spacial score (nSPS) is 11.8. The van der Waals surface area contributed by atoms with Crippen LogP contribution in [0.2, 0.25) is 0 Å². The number of carbonyl (C=O) groups is 1. The summed E-state index contributed by atoms with van der Waals surface area (Å²) in [5, 5.41) is 13.2. The summed E-state index contributed by atoms with van der Waals surface area (Å²) in [4.78, 5) is 23.8. The van der Waals surface area contributed by atoms with Crippen LogP contribution in [0.15, 0.2) is 84.9 Å². The van der Waals surface area contributed by atoms with Gasteiger partial charge in [-0.15, -0.1) is 0 Å². The molecule has 0 aliphatic carbocycles. The highest BCUT2D eigenvalue weighted by Crippen LogP contribution is 2.37. The summed E-state index contributed by atoms with van der Waals surface area (Å²) in [7, 11) is 0. The van der Waals surface area contributed by atoms with E-state index in [-0.39, 0.29) is 16.9 Å². The molecule has 0 aliphatic heterocycles. The van der Waals surface area contributed by atoms with Crippen LogP contribution in [0.4, 0.5) is 22.7 Å². The zero-order valence-electron chi connectivity index (χ0n) is 16.9. The van der Waals surface area contributed by atoms with Crippen LogP contribution >= 0.6 is 0 Å². The predicted octanol–water partition coefficient (Wildman–Crippen LogP) is 4.43. The molecule has 0 fully saturated rings. The number of nitro groups is 1. The third-order valence-corrected chi connectivity index (χ3v) is 5.25. The van der Waals surface area contributed by atoms with Crippen LogP contribution in [0.25, 0.3) is 10.8 Å². The van der Waals surface area contributed by atoms with Gasteiger partial charge in [-0.3, -0.25) is 14.9 Å². The fraction of sp³-hybridized carbons (Fsp3) is 0. The zero-order valence-corrected chi connectivity index (χ0v) is 17.7. The molecule has 0 heterocycles. The lowest BCUT2D eigenvalue weighted by molar-refractivity contribution is -0.384. The van der Waals surface area contributed by atoms with Crippen molar-refractivity contribution in [3.8, 4) is 0 Å². The van der Waals surface area contributed by atoms with Crippen LogP contribution in [-0.4, -0.2) is 19.5 Å². The number of non-ortho nitro benzene ring substituents is 1. The number of nitrogens with zero attached hydrogens (tertiary/aromatic N) is 2. The highest BCUT2D eigenvalue weighted by Gasteiger charge is 2.21. The molecular weight excluding hydrogens is 446 g/mol. The maximum atomic E-state index is 13.2. The topological polar surface area (TPSA) is 139 Å². The maximum absolute atomic E-state index is 13.2. The van der Waals surface area contributed by atoms with Gasteiger partial charge < -0.3 is 10.3 Å². The molecule has 0 radical (unpaired) electrons. The summed E-state index contributed by atoms with van der Waals surface area (Å²) < 4.78 is 27.9. The molecule has 10 heteroatoms. The fourth-order valence-corrected chi connectivity index (χ4v) is 3.80. The first-order chi connectivity index (χ1) is 15.9. The van der Waals surface area contributed by atoms with Crippen molar-refractivity contribution < 1.29 is 22.8 Å². The lowest BCUT2D eigenvalue weighted by Crippen LogP contribution is -2.20. The maximum Gasteiger partial charge on any atom is 0.270 e. The smallest absolute Gasteiger partial charge is 0.270 e. The van der Waals surface area contributed by atoms with Crippen molar-refractivity contribution >= 4 is 50.7 Å². The molecule has 0 bridgehead atoms. The number of fused-ring (bicyclic) bond motifs is 1. The number of hydrogen-bond acceptors (Lipinski definition) is 8. The van der Waals surface area contributed by atoms with E-state index in [0.717, 1.165) is 5.06 Å². The Morgan fingerprint density at radius 2 is 1.61 bits per heavy atom. The third kappa shape index (κ3) is 4.44. The summed E-state index contributed by atoms with van der Waals surface area (Å²) in [6.45, 7) is 0. The molecule has 1 unspecified atom stereocenters. The predicted molar refractivity (Wildman–Crippen MR) is 123 cm³/mol. The standard InChI is InChI=1S/C23H17N3O6S/c24-20-10-3-4-11-22(20)25(32-33(30)31)21-13-12-19(17-8-1-2-9-18(17)21)23(27)15-6-5-7-16(14-15)26(28)29/h1-14H,24H2,(H,30,31)/p-1. The number of rotatable bonds is 7. The molecule has 0 amide bonds. The fourth-order valence-electron chi connectivity index (χ4n) is 3.52. The van der Waals surface area contributed by atoms with Gasteiger partial charge in [0, 0.05) is 28.6 Å². The second-order valence-electron chi connectivity index (χ2n) is 6.95. The Balaban J connectivity index is 1.88. The van der Waals surface area contributed by atoms with Gasteiger partial charge in [0.15, 0.2) is 5.78 Å². The number of nitro benzene ring substituents is 1. The minimum absolute atomic E-state index is 0.156. The van der Waals surface area contributed by atoms with E-state index in [1.807, 2.05) is 0 Å². The van der Waals surface area contributed by atoms with E-state index in [2.05, 4.69) is 0 Å². The highest BCUT2D eigenvalue weighted by molar-refractivity contribution is 7.74. The molecule has 166 valence electrons. The molecule has 0 saturated heterocycles. The van der Waals surface area contributed by atoms with Gasteiger partial charge in [0.2, 0.25) is 0 Å². The Kier molecular flexibility index (Phi) is 6.13. The van der Waals surface area contributed by atoms with Gasteiger partial charge in [0.1, 0.15) is 11.4 Å². The monoisotopic (exact) mass is 462 g/mol. The molecule has 4 rings (SSSR count). The van der Waals surface area contributed by atoms with Crippen molar-refractivity contribution in [1.82, 2.24) is 0 Å². The number of nitrogens with two attached hydrogens (primary N) is 1. The molecule has 2 N–H and O–H groups in total. The second-order valence-corrected chi connectivity index (χ2v) is 7.50. The molecule has 4 aromatic rings. The first kappa shape index (κ1) is 22.1. The number of nitrogen functional groups attached to an aromatic ring is 1. The SMILES string of the molecule is Nc1ccccc1N(OS(=O)[O-])c1ccc(C(=O)c2cccc([N+](=O)[O-])c2)c2ccccc12. The number of carbonyl (C=O) groups excluding carboxylic acids is 1. The average Bonchev–Trinajstić information content (AvgIpc) is 2.82. The first-order valence-electron chi connectivity index (χ1n) is 9.60. The molecule has 4 aromatic carbocycles. The Morgan fingerprint density at radius 1 is 0.909 bits per heavy atom. The second kappa shape index (κ2) is 9.17. The molecule has 0 spiro atoms. The van der Waals surface area contributed by atoms with E-state index in [9.17, 15) is 23.7 Å². The van der Waals surface area contributed by atoms with Crippen LogP contribution in [0.1, 0.15) is 15.9 Å². The minimum atomic E-state index is -2.91. The van der Waals surface area contributed by atoms with Crippen molar-refractivity contribution in [2.75, 3.05) is 10.8 Å². The van der Waals surface area contributed by atoms with Gasteiger partial charge in [-0.2, -0.15) is 4.28 Å². The summed E-state index contributed by atoms with van der Waals surface area (Å²) >= 11 is -2.91. The van der Waals surface area contributed by atoms with E-state index in [4.69, 9.17) is 10.0 Å². The van der Waals surface area contributed by atoms with Crippen molar-refractivity contribution in [3.63, 3.8) is 0 Å². The van der Waals surface area contributed by atoms with Gasteiger partial charge in [-0.1, -0.05) is 48.5 Å². The van der Waals surface area contributed by atoms with E-state index < -0.39 is 22.1 Å². The number of anilines is 3. The largest absolute Gasteiger partial charge is 0.748 e. The average molecular weight is 462 g/mol. The molecule has 33 heavy (non-hydrogen) atoms. The first-order valence-corrected chi connectivity index (χ1v) is 10.6. The third-order valence-electron chi connectivity index (χ3n) is 4.97. The molecule has 9 nitrogen and oxygen atoms in total. The Bertz CT molecular complexity index is 1410. The van der Waals surface area contributed by atoms with Crippen LogP contribution in [0.5, 0.6) is 0 Å². The molecule has 0 aromatic heterocycles. The van der Waals surface area contributed by atoms with Gasteiger partial charge in [-0.05, 0) is 29.7 Å². The van der Waals surface area contributed by atoms with Crippen molar-refractivity contribution in [2.45, 2.75) is 0 Å². The Labute approximate surface area is 190 Å². The van der Waals surface area contributed by atoms with E-state index in [1.54, 1.807) is 48.5 Å². The summed E-state index contributed by atoms with van der Waals surface area (Å²) in [5.74, 6) is -0.416. The van der Waals surface area contributed by atoms with E-state index in [1.165, 1.54) is 36.4 Å². The van der Waals surface area contributed by atoms with Crippen LogP contribution in [-0.2, 0) is 15.6 Å². The highest BCUT2D eigenvalue weighted by atomic mass is 32.2. The molecule has 1 atom stereocenters. The molecule has 0 aliphatic rings. The van der Waals surface area contributed by atoms with Crippen LogP contribution in [0.3, 0.4) is 0 Å². The molecular formula is C23H16N3O6S-. The number of para-hydroxylation sites is 2. The minimum Gasteiger partial charge on any atom is -0.748 e. The van der Waals surface area contributed by atoms with Crippen LogP contribution in [0, 0.1) is 10.1 Å². The van der Waals surface area contributed by atoms with Crippen molar-refractivity contribution in [3.05, 3.63) is 106 Å². The summed E-state index contributed by atoms with van der Waals surface area (Å²) in [5.41, 5.74) is 7.20. The van der Waals surface area contributed by atoms with Crippen LogP contribution < -0.4 is 10.8 Å². The van der Waals surface area contributed by atoms with Gasteiger partial charge in [0.05, 0.1) is 22.0 Å². The number of hydrogen-bond donors (Lipinski definition) is 1. The Hall–Kier alpha value is -4.12. The van der Waals surface area contributed by atoms with E-state index in [0.29, 0.717) is 27.7 Å². The van der Waals surface area contributed by atoms with Gasteiger partial charge in [-0.25, -0.2) is 9.27 Å². The zero-order chi connectivity index (χ0) is 23.5.